The number of sulfonamides is 1. The molecule has 0 heterocycles. The average Bonchev–Trinajstić information content (AvgIpc) is 2.90. The van der Waals surface area contributed by atoms with Crippen LogP contribution in [0, 0.1) is 13.8 Å². The molecule has 7 nitrogen and oxygen atoms in total. The summed E-state index contributed by atoms with van der Waals surface area (Å²) in [5.74, 6) is -0.744. The largest absolute Gasteiger partial charge is 0.322 e. The first-order valence-corrected chi connectivity index (χ1v) is 14.3. The summed E-state index contributed by atoms with van der Waals surface area (Å²) in [5, 5.41) is 5.64. The second kappa shape index (κ2) is 11.4. The molecule has 40 heavy (non-hydrogen) atoms. The molecule has 0 radical (unpaired) electrons. The van der Waals surface area contributed by atoms with Gasteiger partial charge in [-0.2, -0.15) is 0 Å². The molecular formula is C32H33N3O4S. The summed E-state index contributed by atoms with van der Waals surface area (Å²) in [6.07, 6.45) is 0. The molecule has 3 N–H and O–H groups in total. The molecule has 4 aromatic rings. The second-order valence-corrected chi connectivity index (χ2v) is 12.4. The van der Waals surface area contributed by atoms with E-state index in [0.29, 0.717) is 28.2 Å². The molecule has 0 fully saturated rings. The topological polar surface area (TPSA) is 104 Å². The highest BCUT2D eigenvalue weighted by Crippen LogP contribution is 2.24. The highest BCUT2D eigenvalue weighted by molar-refractivity contribution is 7.92. The third kappa shape index (κ3) is 6.95. The second-order valence-electron chi connectivity index (χ2n) is 10.8. The van der Waals surface area contributed by atoms with Gasteiger partial charge in [0.2, 0.25) is 0 Å². The Morgan fingerprint density at radius 3 is 1.77 bits per heavy atom. The van der Waals surface area contributed by atoms with Gasteiger partial charge in [0.1, 0.15) is 0 Å². The predicted molar refractivity (Wildman–Crippen MR) is 161 cm³/mol. The van der Waals surface area contributed by atoms with Crippen LogP contribution >= 0.6 is 0 Å². The van der Waals surface area contributed by atoms with Gasteiger partial charge in [0.25, 0.3) is 21.8 Å². The van der Waals surface area contributed by atoms with Crippen molar-refractivity contribution in [2.75, 3.05) is 15.4 Å². The Morgan fingerprint density at radius 1 is 0.650 bits per heavy atom. The van der Waals surface area contributed by atoms with Gasteiger partial charge in [-0.15, -0.1) is 0 Å². The molecule has 0 unspecified atom stereocenters. The molecule has 206 valence electrons. The van der Waals surface area contributed by atoms with E-state index in [0.717, 1.165) is 11.1 Å². The van der Waals surface area contributed by atoms with Crippen molar-refractivity contribution in [1.82, 2.24) is 0 Å². The SMILES string of the molecule is Cc1ccc(NS(=O)(=O)c2cc(C(=O)Nc3cccc(NC(=O)c4ccc(C(C)(C)C)cc4)c3)ccc2C)cc1. The first-order valence-electron chi connectivity index (χ1n) is 12.9. The van der Waals surface area contributed by atoms with Gasteiger partial charge in [0.05, 0.1) is 4.90 Å². The van der Waals surface area contributed by atoms with Crippen molar-refractivity contribution in [2.24, 2.45) is 0 Å². The Bertz CT molecular complexity index is 1650. The highest BCUT2D eigenvalue weighted by atomic mass is 32.2. The molecule has 0 saturated heterocycles. The third-order valence-corrected chi connectivity index (χ3v) is 7.96. The Labute approximate surface area is 235 Å². The van der Waals surface area contributed by atoms with Crippen molar-refractivity contribution in [3.63, 3.8) is 0 Å². The Kier molecular flexibility index (Phi) is 8.11. The lowest BCUT2D eigenvalue weighted by molar-refractivity contribution is 0.101. The Morgan fingerprint density at radius 2 is 1.20 bits per heavy atom. The fraction of sp³-hybridized carbons (Fsp3) is 0.188. The van der Waals surface area contributed by atoms with E-state index in [1.165, 1.54) is 6.07 Å². The van der Waals surface area contributed by atoms with E-state index in [2.05, 4.69) is 36.1 Å². The van der Waals surface area contributed by atoms with Gasteiger partial charge in [-0.3, -0.25) is 14.3 Å². The third-order valence-electron chi connectivity index (χ3n) is 6.44. The van der Waals surface area contributed by atoms with Crippen molar-refractivity contribution < 1.29 is 18.0 Å². The Balaban J connectivity index is 1.47. The maximum absolute atomic E-state index is 13.1. The first kappa shape index (κ1) is 28.6. The lowest BCUT2D eigenvalue weighted by Gasteiger charge is -2.19. The summed E-state index contributed by atoms with van der Waals surface area (Å²) in [6.45, 7) is 9.93. The van der Waals surface area contributed by atoms with E-state index in [-0.39, 0.29) is 21.8 Å². The van der Waals surface area contributed by atoms with Gasteiger partial charge in [-0.1, -0.05) is 62.7 Å². The number of hydrogen-bond acceptors (Lipinski definition) is 4. The van der Waals surface area contributed by atoms with Crippen molar-refractivity contribution in [3.05, 3.63) is 119 Å². The summed E-state index contributed by atoms with van der Waals surface area (Å²) >= 11 is 0. The minimum Gasteiger partial charge on any atom is -0.322 e. The van der Waals surface area contributed by atoms with E-state index in [9.17, 15) is 18.0 Å². The fourth-order valence-electron chi connectivity index (χ4n) is 4.07. The Hall–Kier alpha value is -4.43. The minimum atomic E-state index is -3.92. The van der Waals surface area contributed by atoms with Gasteiger partial charge >= 0.3 is 0 Å². The van der Waals surface area contributed by atoms with Gasteiger partial charge in [-0.25, -0.2) is 8.42 Å². The van der Waals surface area contributed by atoms with Crippen molar-refractivity contribution >= 4 is 38.9 Å². The van der Waals surface area contributed by atoms with Crippen LogP contribution in [0.1, 0.15) is 58.2 Å². The zero-order valence-corrected chi connectivity index (χ0v) is 24.0. The number of benzene rings is 4. The fourth-order valence-corrected chi connectivity index (χ4v) is 5.40. The van der Waals surface area contributed by atoms with Gasteiger partial charge in [0, 0.05) is 28.2 Å². The van der Waals surface area contributed by atoms with E-state index in [1.54, 1.807) is 67.6 Å². The molecule has 0 aliphatic rings. The number of rotatable bonds is 7. The zero-order chi connectivity index (χ0) is 29.1. The van der Waals surface area contributed by atoms with E-state index in [1.807, 2.05) is 31.2 Å². The molecular weight excluding hydrogens is 522 g/mol. The number of anilines is 3. The number of nitrogens with one attached hydrogen (secondary N) is 3. The standard InChI is InChI=1S/C32H33N3O4S/c1-21-9-17-26(18-10-21)35-40(38,39)29-19-24(12-11-22(29)2)31(37)34-28-8-6-7-27(20-28)33-30(36)23-13-15-25(16-14-23)32(3,4)5/h6-20,35H,1-5H3,(H,33,36)(H,34,37). The molecule has 4 aromatic carbocycles. The van der Waals surface area contributed by atoms with Crippen LogP contribution < -0.4 is 15.4 Å². The maximum Gasteiger partial charge on any atom is 0.262 e. The van der Waals surface area contributed by atoms with Gasteiger partial charge < -0.3 is 10.6 Å². The van der Waals surface area contributed by atoms with Crippen molar-refractivity contribution in [3.8, 4) is 0 Å². The van der Waals surface area contributed by atoms with Crippen LogP contribution in [0.4, 0.5) is 17.1 Å². The molecule has 0 aliphatic carbocycles. The summed E-state index contributed by atoms with van der Waals surface area (Å²) in [5.41, 5.74) is 4.74. The molecule has 0 aliphatic heterocycles. The lowest BCUT2D eigenvalue weighted by Crippen LogP contribution is -2.17. The monoisotopic (exact) mass is 555 g/mol. The molecule has 8 heteroatoms. The smallest absolute Gasteiger partial charge is 0.262 e. The first-order chi connectivity index (χ1) is 18.8. The molecule has 0 aromatic heterocycles. The summed E-state index contributed by atoms with van der Waals surface area (Å²) < 4.78 is 28.7. The van der Waals surface area contributed by atoms with Crippen LogP contribution in [0.3, 0.4) is 0 Å². The molecule has 0 atom stereocenters. The predicted octanol–water partition coefficient (Wildman–Crippen LogP) is 6.91. The van der Waals surface area contributed by atoms with Crippen LogP contribution in [0.2, 0.25) is 0 Å². The quantitative estimate of drug-likeness (QED) is 0.231. The molecule has 2 amide bonds. The summed E-state index contributed by atoms with van der Waals surface area (Å²) in [7, 11) is -3.92. The maximum atomic E-state index is 13.1. The number of aryl methyl sites for hydroxylation is 2. The normalized spacial score (nSPS) is 11.5. The number of amides is 2. The van der Waals surface area contributed by atoms with Gasteiger partial charge in [-0.05, 0) is 85.0 Å². The zero-order valence-electron chi connectivity index (χ0n) is 23.2. The molecule has 4 rings (SSSR count). The van der Waals surface area contributed by atoms with Crippen LogP contribution in [0.5, 0.6) is 0 Å². The minimum absolute atomic E-state index is 0.0124. The van der Waals surface area contributed by atoms with E-state index in [4.69, 9.17) is 0 Å². The van der Waals surface area contributed by atoms with Crippen LogP contribution in [0.25, 0.3) is 0 Å². The number of carbonyl (C=O) groups is 2. The molecule has 0 spiro atoms. The average molecular weight is 556 g/mol. The van der Waals surface area contributed by atoms with Crippen LogP contribution in [0.15, 0.2) is 95.9 Å². The summed E-state index contributed by atoms with van der Waals surface area (Å²) in [4.78, 5) is 25.8. The highest BCUT2D eigenvalue weighted by Gasteiger charge is 2.20. The van der Waals surface area contributed by atoms with E-state index >= 15 is 0 Å². The molecule has 0 bridgehead atoms. The van der Waals surface area contributed by atoms with Crippen molar-refractivity contribution in [1.29, 1.82) is 0 Å². The van der Waals surface area contributed by atoms with Crippen molar-refractivity contribution in [2.45, 2.75) is 44.9 Å². The van der Waals surface area contributed by atoms with E-state index < -0.39 is 15.9 Å². The lowest BCUT2D eigenvalue weighted by atomic mass is 9.87. The number of carbonyl (C=O) groups excluding carboxylic acids is 2. The molecule has 0 saturated carbocycles. The number of hydrogen-bond donors (Lipinski definition) is 3. The van der Waals surface area contributed by atoms with Crippen LogP contribution in [-0.4, -0.2) is 20.2 Å². The van der Waals surface area contributed by atoms with Gasteiger partial charge in [0.15, 0.2) is 0 Å². The summed E-state index contributed by atoms with van der Waals surface area (Å²) in [6, 6.07) is 25.8. The van der Waals surface area contributed by atoms with Crippen LogP contribution in [-0.2, 0) is 15.4 Å².